The number of primary amides is 1. The fraction of sp³-hybridized carbons (Fsp3) is 0.273. The molecule has 0 aromatic heterocycles. The van der Waals surface area contributed by atoms with E-state index in [0.717, 1.165) is 6.42 Å². The monoisotopic (exact) mass is 255 g/mol. The van der Waals surface area contributed by atoms with Gasteiger partial charge in [0.1, 0.15) is 0 Å². The third kappa shape index (κ3) is 4.32. The van der Waals surface area contributed by atoms with Crippen molar-refractivity contribution in [1.29, 1.82) is 0 Å². The van der Waals surface area contributed by atoms with E-state index in [4.69, 9.17) is 17.3 Å². The van der Waals surface area contributed by atoms with Crippen molar-refractivity contribution in [3.8, 4) is 0 Å². The Labute approximate surface area is 104 Å². The summed E-state index contributed by atoms with van der Waals surface area (Å²) < 4.78 is 0. The van der Waals surface area contributed by atoms with Gasteiger partial charge in [0, 0.05) is 12.1 Å². The molecule has 4 N–H and O–H groups in total. The molecule has 0 aliphatic heterocycles. The third-order valence-corrected chi connectivity index (χ3v) is 2.31. The predicted molar refractivity (Wildman–Crippen MR) is 68.2 cm³/mol. The molecular formula is C11H14ClN3O2. The van der Waals surface area contributed by atoms with Crippen LogP contribution in [-0.2, 0) is 4.79 Å². The van der Waals surface area contributed by atoms with Gasteiger partial charge in [-0.25, -0.2) is 4.79 Å². The Kier molecular flexibility index (Phi) is 4.78. The average Bonchev–Trinajstić information content (AvgIpc) is 2.22. The molecule has 1 aromatic carbocycles. The minimum atomic E-state index is -0.705. The van der Waals surface area contributed by atoms with Crippen LogP contribution in [0.1, 0.15) is 19.8 Å². The summed E-state index contributed by atoms with van der Waals surface area (Å²) in [7, 11) is 0. The largest absolute Gasteiger partial charge is 0.351 e. The van der Waals surface area contributed by atoms with Crippen molar-refractivity contribution in [2.45, 2.75) is 19.8 Å². The zero-order valence-electron chi connectivity index (χ0n) is 9.42. The van der Waals surface area contributed by atoms with Crippen LogP contribution in [0.5, 0.6) is 0 Å². The van der Waals surface area contributed by atoms with Gasteiger partial charge in [-0.3, -0.25) is 4.79 Å². The maximum atomic E-state index is 11.4. The average molecular weight is 256 g/mol. The van der Waals surface area contributed by atoms with Crippen molar-refractivity contribution in [2.24, 2.45) is 5.73 Å². The van der Waals surface area contributed by atoms with Crippen LogP contribution in [0, 0.1) is 0 Å². The van der Waals surface area contributed by atoms with Crippen molar-refractivity contribution in [3.05, 3.63) is 23.2 Å². The number of benzene rings is 1. The molecule has 0 saturated heterocycles. The van der Waals surface area contributed by atoms with Crippen LogP contribution in [0.25, 0.3) is 0 Å². The Morgan fingerprint density at radius 3 is 2.65 bits per heavy atom. The Hall–Kier alpha value is -1.75. The lowest BCUT2D eigenvalue weighted by molar-refractivity contribution is -0.116. The standard InChI is InChI=1S/C11H14ClN3O2/c1-2-3-10(16)14-7-4-5-8(12)9(6-7)15-11(13)17/h4-6H,2-3H2,1H3,(H,14,16)(H3,13,15,17). The van der Waals surface area contributed by atoms with E-state index in [9.17, 15) is 9.59 Å². The molecule has 0 atom stereocenters. The number of rotatable bonds is 4. The Bertz CT molecular complexity index is 435. The van der Waals surface area contributed by atoms with Gasteiger partial charge in [0.15, 0.2) is 0 Å². The number of carbonyl (C=O) groups is 2. The fourth-order valence-electron chi connectivity index (χ4n) is 1.28. The number of amides is 3. The Morgan fingerprint density at radius 2 is 2.06 bits per heavy atom. The smallest absolute Gasteiger partial charge is 0.316 e. The first kappa shape index (κ1) is 13.3. The molecule has 3 amide bonds. The van der Waals surface area contributed by atoms with Gasteiger partial charge in [-0.15, -0.1) is 0 Å². The van der Waals surface area contributed by atoms with E-state index in [1.54, 1.807) is 18.2 Å². The number of anilines is 2. The number of nitrogens with one attached hydrogen (secondary N) is 2. The molecule has 1 rings (SSSR count). The molecule has 6 heteroatoms. The fourth-order valence-corrected chi connectivity index (χ4v) is 1.45. The van der Waals surface area contributed by atoms with E-state index in [1.165, 1.54) is 0 Å². The number of hydrogen-bond acceptors (Lipinski definition) is 2. The second kappa shape index (κ2) is 6.10. The van der Waals surface area contributed by atoms with E-state index in [0.29, 0.717) is 22.8 Å². The highest BCUT2D eigenvalue weighted by Gasteiger charge is 2.06. The number of urea groups is 1. The van der Waals surface area contributed by atoms with Gasteiger partial charge in [0.2, 0.25) is 5.91 Å². The van der Waals surface area contributed by atoms with E-state index in [-0.39, 0.29) is 5.91 Å². The SMILES string of the molecule is CCCC(=O)Nc1ccc(Cl)c(NC(N)=O)c1. The van der Waals surface area contributed by atoms with Gasteiger partial charge >= 0.3 is 6.03 Å². The molecule has 0 bridgehead atoms. The summed E-state index contributed by atoms with van der Waals surface area (Å²) >= 11 is 5.86. The molecule has 92 valence electrons. The van der Waals surface area contributed by atoms with Gasteiger partial charge in [-0.1, -0.05) is 18.5 Å². The molecule has 0 heterocycles. The third-order valence-electron chi connectivity index (χ3n) is 1.99. The first-order chi connectivity index (χ1) is 8.02. The van der Waals surface area contributed by atoms with Gasteiger partial charge in [0.05, 0.1) is 10.7 Å². The summed E-state index contributed by atoms with van der Waals surface area (Å²) in [5.41, 5.74) is 5.93. The summed E-state index contributed by atoms with van der Waals surface area (Å²) in [5, 5.41) is 5.43. The van der Waals surface area contributed by atoms with Crippen LogP contribution in [0.3, 0.4) is 0 Å². The van der Waals surface area contributed by atoms with E-state index in [2.05, 4.69) is 10.6 Å². The molecule has 0 radical (unpaired) electrons. The van der Waals surface area contributed by atoms with Crippen LogP contribution < -0.4 is 16.4 Å². The van der Waals surface area contributed by atoms with Crippen molar-refractivity contribution in [1.82, 2.24) is 0 Å². The maximum Gasteiger partial charge on any atom is 0.316 e. The lowest BCUT2D eigenvalue weighted by atomic mass is 10.2. The highest BCUT2D eigenvalue weighted by atomic mass is 35.5. The molecule has 0 spiro atoms. The van der Waals surface area contributed by atoms with Gasteiger partial charge < -0.3 is 16.4 Å². The number of hydrogen-bond donors (Lipinski definition) is 3. The minimum absolute atomic E-state index is 0.0835. The molecular weight excluding hydrogens is 242 g/mol. The van der Waals surface area contributed by atoms with Gasteiger partial charge in [0.25, 0.3) is 0 Å². The van der Waals surface area contributed by atoms with E-state index in [1.807, 2.05) is 6.92 Å². The van der Waals surface area contributed by atoms with Crippen molar-refractivity contribution in [3.63, 3.8) is 0 Å². The lowest BCUT2D eigenvalue weighted by Gasteiger charge is -2.08. The first-order valence-electron chi connectivity index (χ1n) is 5.18. The zero-order chi connectivity index (χ0) is 12.8. The van der Waals surface area contributed by atoms with Gasteiger partial charge in [-0.2, -0.15) is 0 Å². The Balaban J connectivity index is 2.81. The highest BCUT2D eigenvalue weighted by Crippen LogP contribution is 2.25. The summed E-state index contributed by atoms with van der Waals surface area (Å²) in [5.74, 6) is -0.0835. The topological polar surface area (TPSA) is 84.2 Å². The second-order valence-electron chi connectivity index (χ2n) is 3.48. The molecule has 0 saturated carbocycles. The number of nitrogens with two attached hydrogens (primary N) is 1. The molecule has 0 fully saturated rings. The van der Waals surface area contributed by atoms with E-state index < -0.39 is 6.03 Å². The Morgan fingerprint density at radius 1 is 1.35 bits per heavy atom. The van der Waals surface area contributed by atoms with Crippen LogP contribution >= 0.6 is 11.6 Å². The van der Waals surface area contributed by atoms with Crippen LogP contribution in [0.4, 0.5) is 16.2 Å². The van der Waals surface area contributed by atoms with Crippen molar-refractivity contribution < 1.29 is 9.59 Å². The molecule has 0 aliphatic carbocycles. The molecule has 0 unspecified atom stereocenters. The van der Waals surface area contributed by atoms with Crippen LogP contribution in [0.2, 0.25) is 5.02 Å². The highest BCUT2D eigenvalue weighted by molar-refractivity contribution is 6.33. The minimum Gasteiger partial charge on any atom is -0.351 e. The summed E-state index contributed by atoms with van der Waals surface area (Å²) in [6, 6.07) is 4.08. The van der Waals surface area contributed by atoms with Gasteiger partial charge in [-0.05, 0) is 24.6 Å². The summed E-state index contributed by atoms with van der Waals surface area (Å²) in [4.78, 5) is 22.1. The zero-order valence-corrected chi connectivity index (χ0v) is 10.2. The quantitative estimate of drug-likeness (QED) is 0.772. The lowest BCUT2D eigenvalue weighted by Crippen LogP contribution is -2.19. The predicted octanol–water partition coefficient (Wildman–Crippen LogP) is 2.57. The number of halogens is 1. The van der Waals surface area contributed by atoms with Crippen LogP contribution in [-0.4, -0.2) is 11.9 Å². The molecule has 5 nitrogen and oxygen atoms in total. The second-order valence-corrected chi connectivity index (χ2v) is 3.89. The van der Waals surface area contributed by atoms with E-state index >= 15 is 0 Å². The summed E-state index contributed by atoms with van der Waals surface area (Å²) in [6.07, 6.45) is 1.22. The normalized spacial score (nSPS) is 9.76. The number of carbonyl (C=O) groups excluding carboxylic acids is 2. The first-order valence-corrected chi connectivity index (χ1v) is 5.56. The van der Waals surface area contributed by atoms with Crippen molar-refractivity contribution >= 4 is 34.9 Å². The summed E-state index contributed by atoms with van der Waals surface area (Å²) in [6.45, 7) is 1.92. The van der Waals surface area contributed by atoms with Crippen molar-refractivity contribution in [2.75, 3.05) is 10.6 Å². The molecule has 17 heavy (non-hydrogen) atoms. The molecule has 1 aromatic rings. The van der Waals surface area contributed by atoms with Crippen LogP contribution in [0.15, 0.2) is 18.2 Å². The molecule has 0 aliphatic rings. The maximum absolute atomic E-state index is 11.4.